The standard InChI is InChI=1S/C2H4N2O4/c1-8-3-2(5)4(6)7/h1H3,(H,3,5). The van der Waals surface area contributed by atoms with Crippen LogP contribution in [-0.2, 0) is 4.84 Å². The topological polar surface area (TPSA) is 81.5 Å². The van der Waals surface area contributed by atoms with Crippen LogP contribution in [0.1, 0.15) is 0 Å². The SMILES string of the molecule is CONC(=O)[N+](=O)[O-]. The number of urea groups is 1. The van der Waals surface area contributed by atoms with Gasteiger partial charge in [-0.05, 0) is 0 Å². The van der Waals surface area contributed by atoms with Gasteiger partial charge in [0.25, 0.3) is 0 Å². The minimum Gasteiger partial charge on any atom is -0.355 e. The van der Waals surface area contributed by atoms with Crippen LogP contribution in [0.15, 0.2) is 0 Å². The first-order valence-corrected chi connectivity index (χ1v) is 1.66. The first-order chi connectivity index (χ1) is 3.68. The van der Waals surface area contributed by atoms with Crippen molar-refractivity contribution >= 4 is 6.03 Å². The molecular formula is C2H4N2O4. The van der Waals surface area contributed by atoms with E-state index < -0.39 is 11.0 Å². The van der Waals surface area contributed by atoms with Gasteiger partial charge < -0.3 is 10.1 Å². The van der Waals surface area contributed by atoms with Crippen LogP contribution in [-0.4, -0.2) is 18.1 Å². The maximum absolute atomic E-state index is 9.81. The van der Waals surface area contributed by atoms with Crippen molar-refractivity contribution in [3.63, 3.8) is 0 Å². The Bertz CT molecular complexity index is 111. The zero-order valence-electron chi connectivity index (χ0n) is 4.08. The lowest BCUT2D eigenvalue weighted by Crippen LogP contribution is -2.27. The monoisotopic (exact) mass is 120 g/mol. The van der Waals surface area contributed by atoms with Gasteiger partial charge in [0.15, 0.2) is 0 Å². The summed E-state index contributed by atoms with van der Waals surface area (Å²) in [6, 6.07) is -1.37. The maximum Gasteiger partial charge on any atom is 0.563 e. The highest BCUT2D eigenvalue weighted by Crippen LogP contribution is 1.68. The van der Waals surface area contributed by atoms with Gasteiger partial charge in [-0.15, -0.1) is 0 Å². The van der Waals surface area contributed by atoms with E-state index in [0.29, 0.717) is 0 Å². The molecule has 0 aliphatic carbocycles. The average molecular weight is 120 g/mol. The molecule has 0 heterocycles. The number of hydrogen-bond acceptors (Lipinski definition) is 4. The molecule has 0 fully saturated rings. The quantitative estimate of drug-likeness (QED) is 0.374. The number of amides is 2. The number of carbonyl (C=O) groups is 1. The normalized spacial score (nSPS) is 8.12. The third kappa shape index (κ3) is 2.08. The lowest BCUT2D eigenvalue weighted by molar-refractivity contribution is -0.381. The van der Waals surface area contributed by atoms with Crippen molar-refractivity contribution < 1.29 is 14.6 Å². The molecule has 0 saturated carbocycles. The highest BCUT2D eigenvalue weighted by atomic mass is 16.7. The molecule has 8 heavy (non-hydrogen) atoms. The highest BCUT2D eigenvalue weighted by Gasteiger charge is 2.09. The third-order valence-electron chi connectivity index (χ3n) is 0.355. The maximum atomic E-state index is 9.81. The van der Waals surface area contributed by atoms with E-state index in [9.17, 15) is 14.9 Å². The largest absolute Gasteiger partial charge is 0.563 e. The van der Waals surface area contributed by atoms with Crippen LogP contribution in [0.5, 0.6) is 0 Å². The molecule has 0 rings (SSSR count). The van der Waals surface area contributed by atoms with Crippen molar-refractivity contribution in [1.82, 2.24) is 5.48 Å². The van der Waals surface area contributed by atoms with Crippen LogP contribution in [0.25, 0.3) is 0 Å². The van der Waals surface area contributed by atoms with Gasteiger partial charge in [0, 0.05) is 4.92 Å². The zero-order valence-corrected chi connectivity index (χ0v) is 4.08. The van der Waals surface area contributed by atoms with Crippen LogP contribution >= 0.6 is 0 Å². The van der Waals surface area contributed by atoms with Crippen molar-refractivity contribution in [1.29, 1.82) is 0 Å². The second-order valence-corrected chi connectivity index (χ2v) is 0.868. The first-order valence-electron chi connectivity index (χ1n) is 1.66. The van der Waals surface area contributed by atoms with Gasteiger partial charge >= 0.3 is 6.03 Å². The Morgan fingerprint density at radius 1 is 1.88 bits per heavy atom. The van der Waals surface area contributed by atoms with Crippen LogP contribution in [0.2, 0.25) is 0 Å². The summed E-state index contributed by atoms with van der Waals surface area (Å²) in [5.41, 5.74) is 1.51. The van der Waals surface area contributed by atoms with E-state index in [2.05, 4.69) is 4.84 Å². The summed E-state index contributed by atoms with van der Waals surface area (Å²) in [6.07, 6.45) is 0. The molecule has 6 nitrogen and oxygen atoms in total. The van der Waals surface area contributed by atoms with Gasteiger partial charge in [-0.25, -0.2) is 0 Å². The molecule has 0 spiro atoms. The Morgan fingerprint density at radius 2 is 2.38 bits per heavy atom. The Morgan fingerprint density at radius 3 is 2.50 bits per heavy atom. The van der Waals surface area contributed by atoms with E-state index in [4.69, 9.17) is 0 Å². The molecule has 0 aromatic carbocycles. The van der Waals surface area contributed by atoms with Gasteiger partial charge in [0.1, 0.15) is 0 Å². The summed E-state index contributed by atoms with van der Waals surface area (Å²) >= 11 is 0. The smallest absolute Gasteiger partial charge is 0.355 e. The van der Waals surface area contributed by atoms with E-state index in [-0.39, 0.29) is 0 Å². The predicted molar refractivity (Wildman–Crippen MR) is 22.5 cm³/mol. The molecular weight excluding hydrogens is 116 g/mol. The fourth-order valence-corrected chi connectivity index (χ4v) is 0.125. The van der Waals surface area contributed by atoms with Gasteiger partial charge in [0.05, 0.1) is 7.11 Å². The predicted octanol–water partition coefficient (Wildman–Crippen LogP) is -0.466. The van der Waals surface area contributed by atoms with Crippen LogP contribution in [0.4, 0.5) is 4.79 Å². The molecule has 0 radical (unpaired) electrons. The van der Waals surface area contributed by atoms with E-state index in [1.807, 2.05) is 0 Å². The number of carbonyl (C=O) groups excluding carboxylic acids is 1. The Balaban J connectivity index is 3.49. The van der Waals surface area contributed by atoms with E-state index in [0.717, 1.165) is 7.11 Å². The second kappa shape index (κ2) is 2.92. The van der Waals surface area contributed by atoms with Crippen LogP contribution in [0, 0.1) is 10.1 Å². The number of nitro groups is 1. The third-order valence-corrected chi connectivity index (χ3v) is 0.355. The van der Waals surface area contributed by atoms with Crippen LogP contribution in [0.3, 0.4) is 0 Å². The minimum absolute atomic E-state index is 1.11. The summed E-state index contributed by atoms with van der Waals surface area (Å²) in [4.78, 5) is 22.0. The Labute approximate surface area is 44.5 Å². The van der Waals surface area contributed by atoms with E-state index in [1.54, 1.807) is 0 Å². The molecule has 46 valence electrons. The summed E-state index contributed by atoms with van der Waals surface area (Å²) in [5.74, 6) is 0. The van der Waals surface area contributed by atoms with Crippen molar-refractivity contribution in [2.45, 2.75) is 0 Å². The minimum atomic E-state index is -1.37. The second-order valence-electron chi connectivity index (χ2n) is 0.868. The Hall–Kier alpha value is -1.17. The molecule has 0 atom stereocenters. The van der Waals surface area contributed by atoms with Gasteiger partial charge in [-0.2, -0.15) is 9.63 Å². The summed E-state index contributed by atoms with van der Waals surface area (Å²) in [6.45, 7) is 0. The molecule has 0 aliphatic rings. The molecule has 2 amide bonds. The Kier molecular flexibility index (Phi) is 2.49. The van der Waals surface area contributed by atoms with Crippen molar-refractivity contribution in [3.8, 4) is 0 Å². The zero-order chi connectivity index (χ0) is 6.57. The number of hydroxylamine groups is 1. The van der Waals surface area contributed by atoms with Crippen molar-refractivity contribution in [2.75, 3.05) is 7.11 Å². The van der Waals surface area contributed by atoms with E-state index >= 15 is 0 Å². The van der Waals surface area contributed by atoms with Crippen molar-refractivity contribution in [3.05, 3.63) is 10.1 Å². The van der Waals surface area contributed by atoms with Crippen molar-refractivity contribution in [2.24, 2.45) is 0 Å². The summed E-state index contributed by atoms with van der Waals surface area (Å²) in [5, 5.41) is 9.40. The summed E-state index contributed by atoms with van der Waals surface area (Å²) < 4.78 is 0. The fourth-order valence-electron chi connectivity index (χ4n) is 0.125. The lowest BCUT2D eigenvalue weighted by atomic mass is 11.1. The first kappa shape index (κ1) is 6.83. The fraction of sp³-hybridized carbons (Fsp3) is 0.500. The van der Waals surface area contributed by atoms with E-state index in [1.165, 1.54) is 5.48 Å². The lowest BCUT2D eigenvalue weighted by Gasteiger charge is -1.88. The van der Waals surface area contributed by atoms with Crippen LogP contribution < -0.4 is 5.48 Å². The molecule has 6 heteroatoms. The molecule has 0 aliphatic heterocycles. The molecule has 0 aromatic heterocycles. The average Bonchev–Trinajstić information content (AvgIpc) is 1.67. The highest BCUT2D eigenvalue weighted by molar-refractivity contribution is 5.63. The van der Waals surface area contributed by atoms with Gasteiger partial charge in [-0.3, -0.25) is 0 Å². The number of hydrogen-bond donors (Lipinski definition) is 1. The summed E-state index contributed by atoms with van der Waals surface area (Å²) in [7, 11) is 1.11. The van der Waals surface area contributed by atoms with Gasteiger partial charge in [0.2, 0.25) is 0 Å². The molecule has 0 unspecified atom stereocenters. The van der Waals surface area contributed by atoms with Gasteiger partial charge in [-0.1, -0.05) is 5.48 Å². The molecule has 0 aromatic rings. The molecule has 0 saturated heterocycles. The number of nitrogens with one attached hydrogen (secondary N) is 1. The molecule has 1 N–H and O–H groups in total. The number of nitrogens with zero attached hydrogens (tertiary/aromatic N) is 1. The molecule has 0 bridgehead atoms. The number of rotatable bonds is 1.